The van der Waals surface area contributed by atoms with E-state index in [-0.39, 0.29) is 23.9 Å². The molecule has 0 radical (unpaired) electrons. The van der Waals surface area contributed by atoms with Gasteiger partial charge in [0.1, 0.15) is 5.60 Å². The number of carbonyl (C=O) groups excluding carboxylic acids is 2. The largest absolute Gasteiger partial charge is 0.466 e. The van der Waals surface area contributed by atoms with E-state index < -0.39 is 5.60 Å². The minimum atomic E-state index is -0.513. The van der Waals surface area contributed by atoms with Crippen LogP contribution in [-0.4, -0.2) is 42.3 Å². The molecule has 0 aliphatic carbocycles. The fraction of sp³-hybridized carbons (Fsp3) is 0.857. The van der Waals surface area contributed by atoms with Gasteiger partial charge in [0.15, 0.2) is 0 Å². The van der Waals surface area contributed by atoms with Gasteiger partial charge in [-0.15, -0.1) is 0 Å². The molecule has 1 fully saturated rings. The number of esters is 1. The van der Waals surface area contributed by atoms with Gasteiger partial charge in [0.05, 0.1) is 12.5 Å². The van der Waals surface area contributed by atoms with Crippen LogP contribution in [0.15, 0.2) is 0 Å². The highest BCUT2D eigenvalue weighted by Crippen LogP contribution is 2.28. The zero-order chi connectivity index (χ0) is 14.6. The van der Waals surface area contributed by atoms with E-state index >= 15 is 0 Å². The van der Waals surface area contributed by atoms with Crippen LogP contribution in [0.25, 0.3) is 0 Å². The summed E-state index contributed by atoms with van der Waals surface area (Å²) in [6.07, 6.45) is 0.501. The Morgan fingerprint density at radius 2 is 1.84 bits per heavy atom. The summed E-state index contributed by atoms with van der Waals surface area (Å²) in [4.78, 5) is 25.5. The molecule has 0 aromatic rings. The van der Waals surface area contributed by atoms with E-state index in [1.54, 1.807) is 11.8 Å². The van der Waals surface area contributed by atoms with Crippen molar-refractivity contribution in [2.24, 2.45) is 11.8 Å². The molecule has 19 heavy (non-hydrogen) atoms. The zero-order valence-corrected chi connectivity index (χ0v) is 12.6. The molecule has 0 aromatic heterocycles. The summed E-state index contributed by atoms with van der Waals surface area (Å²) in [5.41, 5.74) is -0.513. The quantitative estimate of drug-likeness (QED) is 0.740. The summed E-state index contributed by atoms with van der Waals surface area (Å²) in [6.45, 7) is 10.7. The van der Waals surface area contributed by atoms with Gasteiger partial charge in [-0.25, -0.2) is 4.79 Å². The van der Waals surface area contributed by atoms with Crippen molar-refractivity contribution in [3.05, 3.63) is 0 Å². The predicted molar refractivity (Wildman–Crippen MR) is 71.7 cm³/mol. The van der Waals surface area contributed by atoms with Gasteiger partial charge in [0, 0.05) is 13.1 Å². The number of ether oxygens (including phenoxy) is 2. The lowest BCUT2D eigenvalue weighted by Crippen LogP contribution is -2.36. The van der Waals surface area contributed by atoms with Crippen molar-refractivity contribution in [2.45, 2.75) is 46.6 Å². The molecule has 1 aliphatic rings. The number of nitrogens with zero attached hydrogens (tertiary/aromatic N) is 1. The maximum Gasteiger partial charge on any atom is 0.410 e. The second-order valence-electron chi connectivity index (χ2n) is 5.91. The van der Waals surface area contributed by atoms with E-state index in [0.29, 0.717) is 19.7 Å². The summed E-state index contributed by atoms with van der Waals surface area (Å²) < 4.78 is 10.4. The first-order valence-corrected chi connectivity index (χ1v) is 6.93. The summed E-state index contributed by atoms with van der Waals surface area (Å²) in [5, 5.41) is 0. The molecule has 5 heteroatoms. The van der Waals surface area contributed by atoms with Crippen LogP contribution in [0.4, 0.5) is 4.79 Å². The number of carbonyl (C=O) groups is 2. The van der Waals surface area contributed by atoms with Crippen LogP contribution in [0.1, 0.15) is 41.0 Å². The number of likely N-dealkylation sites (tertiary alicyclic amines) is 1. The molecular weight excluding hydrogens is 246 g/mol. The van der Waals surface area contributed by atoms with Crippen molar-refractivity contribution in [3.63, 3.8) is 0 Å². The van der Waals surface area contributed by atoms with Gasteiger partial charge in [-0.2, -0.15) is 0 Å². The molecule has 0 saturated carbocycles. The van der Waals surface area contributed by atoms with E-state index in [1.165, 1.54) is 0 Å². The number of hydrogen-bond acceptors (Lipinski definition) is 4. The van der Waals surface area contributed by atoms with Crippen LogP contribution in [0.5, 0.6) is 0 Å². The highest BCUT2D eigenvalue weighted by atomic mass is 16.6. The summed E-state index contributed by atoms with van der Waals surface area (Å²) in [6, 6.07) is 0. The topological polar surface area (TPSA) is 55.8 Å². The monoisotopic (exact) mass is 271 g/mol. The average Bonchev–Trinajstić information content (AvgIpc) is 2.71. The SMILES string of the molecule is CCOC(=O)C1CN(C(=O)OC(C)(C)C)CC1CC. The molecule has 1 heterocycles. The van der Waals surface area contributed by atoms with Crippen LogP contribution >= 0.6 is 0 Å². The minimum Gasteiger partial charge on any atom is -0.466 e. The van der Waals surface area contributed by atoms with Crippen molar-refractivity contribution in [1.29, 1.82) is 0 Å². The molecule has 1 saturated heterocycles. The lowest BCUT2D eigenvalue weighted by molar-refractivity contribution is -0.148. The van der Waals surface area contributed by atoms with E-state index in [9.17, 15) is 9.59 Å². The third-order valence-corrected chi connectivity index (χ3v) is 3.21. The molecule has 0 bridgehead atoms. The van der Waals surface area contributed by atoms with Gasteiger partial charge in [0.2, 0.25) is 0 Å². The van der Waals surface area contributed by atoms with Crippen LogP contribution in [0.3, 0.4) is 0 Å². The first-order chi connectivity index (χ1) is 8.78. The third kappa shape index (κ3) is 4.40. The van der Waals surface area contributed by atoms with E-state index in [2.05, 4.69) is 0 Å². The van der Waals surface area contributed by atoms with Crippen molar-refractivity contribution >= 4 is 12.1 Å². The lowest BCUT2D eigenvalue weighted by Gasteiger charge is -2.24. The highest BCUT2D eigenvalue weighted by molar-refractivity contribution is 5.76. The van der Waals surface area contributed by atoms with Gasteiger partial charge < -0.3 is 14.4 Å². The minimum absolute atomic E-state index is 0.159. The Hall–Kier alpha value is -1.26. The first kappa shape index (κ1) is 15.8. The normalized spacial score (nSPS) is 23.3. The van der Waals surface area contributed by atoms with Crippen molar-refractivity contribution in [3.8, 4) is 0 Å². The van der Waals surface area contributed by atoms with Crippen molar-refractivity contribution in [1.82, 2.24) is 4.90 Å². The molecule has 5 nitrogen and oxygen atoms in total. The Balaban J connectivity index is 2.66. The highest BCUT2D eigenvalue weighted by Gasteiger charge is 2.40. The van der Waals surface area contributed by atoms with Crippen molar-refractivity contribution < 1.29 is 19.1 Å². The average molecular weight is 271 g/mol. The Morgan fingerprint density at radius 3 is 2.32 bits per heavy atom. The molecule has 2 atom stereocenters. The Labute approximate surface area is 115 Å². The van der Waals surface area contributed by atoms with Crippen molar-refractivity contribution in [2.75, 3.05) is 19.7 Å². The Morgan fingerprint density at radius 1 is 1.21 bits per heavy atom. The van der Waals surface area contributed by atoms with E-state index in [1.807, 2.05) is 27.7 Å². The summed E-state index contributed by atoms with van der Waals surface area (Å²) >= 11 is 0. The van der Waals surface area contributed by atoms with E-state index in [0.717, 1.165) is 6.42 Å². The maximum atomic E-state index is 12.0. The molecule has 1 amide bonds. The predicted octanol–water partition coefficient (Wildman–Crippen LogP) is 2.44. The standard InChI is InChI=1S/C14H25NO4/c1-6-10-8-15(13(17)19-14(3,4)5)9-11(10)12(16)18-7-2/h10-11H,6-9H2,1-5H3. The first-order valence-electron chi connectivity index (χ1n) is 6.93. The second-order valence-corrected chi connectivity index (χ2v) is 5.91. The number of rotatable bonds is 3. The summed E-state index contributed by atoms with van der Waals surface area (Å²) in [5.74, 6) is -0.274. The third-order valence-electron chi connectivity index (χ3n) is 3.21. The Kier molecular flexibility index (Phi) is 5.20. The zero-order valence-electron chi connectivity index (χ0n) is 12.6. The van der Waals surface area contributed by atoms with Gasteiger partial charge in [-0.3, -0.25) is 4.79 Å². The van der Waals surface area contributed by atoms with Crippen LogP contribution in [0, 0.1) is 11.8 Å². The van der Waals surface area contributed by atoms with E-state index in [4.69, 9.17) is 9.47 Å². The van der Waals surface area contributed by atoms with Gasteiger partial charge in [0.25, 0.3) is 0 Å². The van der Waals surface area contributed by atoms with Crippen LogP contribution in [0.2, 0.25) is 0 Å². The number of hydrogen-bond donors (Lipinski definition) is 0. The molecule has 1 aliphatic heterocycles. The Bertz CT molecular complexity index is 335. The van der Waals surface area contributed by atoms with Crippen LogP contribution < -0.4 is 0 Å². The molecule has 0 aromatic carbocycles. The molecule has 2 unspecified atom stereocenters. The molecule has 110 valence electrons. The molecule has 0 spiro atoms. The fourth-order valence-corrected chi connectivity index (χ4v) is 2.28. The van der Waals surface area contributed by atoms with Gasteiger partial charge in [-0.1, -0.05) is 13.3 Å². The summed E-state index contributed by atoms with van der Waals surface area (Å²) in [7, 11) is 0. The maximum absolute atomic E-state index is 12.0. The second kappa shape index (κ2) is 6.26. The molecule has 0 N–H and O–H groups in total. The lowest BCUT2D eigenvalue weighted by atomic mass is 9.94. The molecular formula is C14H25NO4. The van der Waals surface area contributed by atoms with Gasteiger partial charge in [-0.05, 0) is 33.6 Å². The fourth-order valence-electron chi connectivity index (χ4n) is 2.28. The van der Waals surface area contributed by atoms with Crippen LogP contribution in [-0.2, 0) is 14.3 Å². The van der Waals surface area contributed by atoms with Gasteiger partial charge >= 0.3 is 12.1 Å². The molecule has 1 rings (SSSR count). The number of amides is 1. The smallest absolute Gasteiger partial charge is 0.410 e.